The second-order valence-corrected chi connectivity index (χ2v) is 8.68. The minimum Gasteiger partial charge on any atom is -0.508 e. The molecular weight excluding hydrogens is 336 g/mol. The summed E-state index contributed by atoms with van der Waals surface area (Å²) in [5.74, 6) is 0.469. The van der Waals surface area contributed by atoms with Gasteiger partial charge in [0.25, 0.3) is 0 Å². The molecule has 1 saturated carbocycles. The van der Waals surface area contributed by atoms with E-state index in [2.05, 4.69) is 13.8 Å². The number of fused-ring (bicyclic) bond motifs is 3. The number of phenols is 1. The number of esters is 1. The predicted molar refractivity (Wildman–Crippen MR) is 105 cm³/mol. The van der Waals surface area contributed by atoms with Crippen molar-refractivity contribution in [2.45, 2.75) is 58.0 Å². The van der Waals surface area contributed by atoms with Crippen LogP contribution in [0.3, 0.4) is 0 Å². The number of carbonyl (C=O) groups excluding carboxylic acids is 1. The molecule has 2 aliphatic carbocycles. The Morgan fingerprint density at radius 3 is 2.70 bits per heavy atom. The molecule has 0 spiro atoms. The van der Waals surface area contributed by atoms with Gasteiger partial charge in [0.1, 0.15) is 12.4 Å². The molecule has 0 bridgehead atoms. The zero-order valence-corrected chi connectivity index (χ0v) is 16.2. The number of phenolic OH excluding ortho intramolecular Hbond substituents is 1. The average Bonchev–Trinajstić information content (AvgIpc) is 2.67. The van der Waals surface area contributed by atoms with Gasteiger partial charge in [0.15, 0.2) is 0 Å². The van der Waals surface area contributed by atoms with E-state index in [0.717, 1.165) is 37.7 Å². The van der Waals surface area contributed by atoms with E-state index in [-0.39, 0.29) is 17.3 Å². The van der Waals surface area contributed by atoms with Gasteiger partial charge in [-0.15, -0.1) is 0 Å². The third-order valence-corrected chi connectivity index (χ3v) is 7.02. The van der Waals surface area contributed by atoms with Crippen LogP contribution in [0.2, 0.25) is 0 Å². The van der Waals surface area contributed by atoms with Crippen molar-refractivity contribution in [1.29, 1.82) is 0 Å². The first-order valence-corrected chi connectivity index (χ1v) is 9.97. The quantitative estimate of drug-likeness (QED) is 0.767. The highest BCUT2D eigenvalue weighted by atomic mass is 16.5. The molecule has 3 nitrogen and oxygen atoms in total. The Morgan fingerprint density at radius 2 is 1.93 bits per heavy atom. The molecule has 0 radical (unpaired) electrons. The lowest BCUT2D eigenvalue weighted by atomic mass is 9.50. The van der Waals surface area contributed by atoms with Crippen molar-refractivity contribution >= 4 is 5.97 Å². The number of rotatable bonds is 3. The fourth-order valence-electron chi connectivity index (χ4n) is 5.58. The molecule has 27 heavy (non-hydrogen) atoms. The average molecular weight is 364 g/mol. The summed E-state index contributed by atoms with van der Waals surface area (Å²) in [7, 11) is 0. The van der Waals surface area contributed by atoms with Crippen molar-refractivity contribution in [2.75, 3.05) is 0 Å². The van der Waals surface area contributed by atoms with Crippen molar-refractivity contribution in [3.63, 3.8) is 0 Å². The molecule has 0 heterocycles. The molecule has 2 aliphatic rings. The van der Waals surface area contributed by atoms with Crippen LogP contribution in [0.1, 0.15) is 56.2 Å². The maximum Gasteiger partial charge on any atom is 0.312 e. The summed E-state index contributed by atoms with van der Waals surface area (Å²) in [6.45, 7) is 4.70. The van der Waals surface area contributed by atoms with Crippen LogP contribution in [0.25, 0.3) is 0 Å². The monoisotopic (exact) mass is 364 g/mol. The molecule has 0 unspecified atom stereocenters. The third-order valence-electron chi connectivity index (χ3n) is 7.02. The van der Waals surface area contributed by atoms with Gasteiger partial charge in [0.05, 0.1) is 5.41 Å². The van der Waals surface area contributed by atoms with Gasteiger partial charge in [-0.2, -0.15) is 0 Å². The Morgan fingerprint density at radius 1 is 1.15 bits per heavy atom. The van der Waals surface area contributed by atoms with Crippen molar-refractivity contribution in [1.82, 2.24) is 0 Å². The van der Waals surface area contributed by atoms with Crippen LogP contribution in [-0.2, 0) is 28.0 Å². The number of benzene rings is 2. The zero-order chi connectivity index (χ0) is 19.1. The molecule has 142 valence electrons. The van der Waals surface area contributed by atoms with Crippen LogP contribution < -0.4 is 0 Å². The summed E-state index contributed by atoms with van der Waals surface area (Å²) in [5, 5.41) is 10.1. The van der Waals surface area contributed by atoms with E-state index in [9.17, 15) is 9.90 Å². The smallest absolute Gasteiger partial charge is 0.312 e. The van der Waals surface area contributed by atoms with E-state index in [1.54, 1.807) is 6.07 Å². The van der Waals surface area contributed by atoms with Gasteiger partial charge in [-0.1, -0.05) is 49.7 Å². The van der Waals surface area contributed by atoms with Gasteiger partial charge in [-0.05, 0) is 72.8 Å². The molecule has 0 saturated heterocycles. The third kappa shape index (κ3) is 3.03. The first kappa shape index (κ1) is 18.1. The predicted octanol–water partition coefficient (Wildman–Crippen LogP) is 5.15. The minimum absolute atomic E-state index is 0.0779. The van der Waals surface area contributed by atoms with Gasteiger partial charge < -0.3 is 9.84 Å². The van der Waals surface area contributed by atoms with Crippen LogP contribution in [-0.4, -0.2) is 11.1 Å². The van der Waals surface area contributed by atoms with Gasteiger partial charge >= 0.3 is 5.97 Å². The molecule has 2 aromatic rings. The lowest BCUT2D eigenvalue weighted by molar-refractivity contribution is -0.166. The van der Waals surface area contributed by atoms with E-state index in [0.29, 0.717) is 12.4 Å². The minimum atomic E-state index is -0.481. The van der Waals surface area contributed by atoms with E-state index >= 15 is 0 Å². The zero-order valence-electron chi connectivity index (χ0n) is 16.2. The Balaban J connectivity index is 1.61. The van der Waals surface area contributed by atoms with E-state index < -0.39 is 5.41 Å². The summed E-state index contributed by atoms with van der Waals surface area (Å²) >= 11 is 0. The van der Waals surface area contributed by atoms with E-state index in [1.807, 2.05) is 42.5 Å². The van der Waals surface area contributed by atoms with Gasteiger partial charge in [-0.25, -0.2) is 0 Å². The van der Waals surface area contributed by atoms with Gasteiger partial charge in [0, 0.05) is 0 Å². The van der Waals surface area contributed by atoms with Crippen LogP contribution in [0.15, 0.2) is 48.5 Å². The van der Waals surface area contributed by atoms with Crippen molar-refractivity contribution < 1.29 is 14.6 Å². The van der Waals surface area contributed by atoms with Crippen LogP contribution in [0.5, 0.6) is 5.75 Å². The highest BCUT2D eigenvalue weighted by Gasteiger charge is 2.55. The Bertz CT molecular complexity index is 844. The molecule has 1 N–H and O–H groups in total. The highest BCUT2D eigenvalue weighted by molar-refractivity contribution is 5.77. The fourth-order valence-corrected chi connectivity index (χ4v) is 5.58. The number of aryl methyl sites for hydroxylation is 1. The summed E-state index contributed by atoms with van der Waals surface area (Å²) in [6.07, 6.45) is 4.87. The second-order valence-electron chi connectivity index (χ2n) is 8.68. The van der Waals surface area contributed by atoms with E-state index in [4.69, 9.17) is 4.74 Å². The number of hydrogen-bond donors (Lipinski definition) is 1. The van der Waals surface area contributed by atoms with Gasteiger partial charge in [-0.3, -0.25) is 4.79 Å². The normalized spacial score (nSPS) is 29.5. The molecule has 4 rings (SSSR count). The van der Waals surface area contributed by atoms with Crippen LogP contribution in [0, 0.1) is 11.3 Å². The topological polar surface area (TPSA) is 46.5 Å². The van der Waals surface area contributed by atoms with E-state index in [1.165, 1.54) is 11.1 Å². The van der Waals surface area contributed by atoms with Crippen LogP contribution in [0.4, 0.5) is 0 Å². The SMILES string of the molecule is C[C@]1(C(=O)OCc2ccccc2)CCC[C@]2(C)c3cc(O)ccc3CC[C@@H]12. The first-order chi connectivity index (χ1) is 12.9. The number of hydrogen-bond acceptors (Lipinski definition) is 3. The maximum atomic E-state index is 13.2. The first-order valence-electron chi connectivity index (χ1n) is 9.97. The molecule has 3 atom stereocenters. The summed E-state index contributed by atoms with van der Waals surface area (Å²) in [5.41, 5.74) is 2.98. The van der Waals surface area contributed by atoms with Gasteiger partial charge in [0.2, 0.25) is 0 Å². The summed E-state index contributed by atoms with van der Waals surface area (Å²) in [4.78, 5) is 13.2. The number of ether oxygens (including phenoxy) is 1. The molecular formula is C24H28O3. The standard InChI is InChI=1S/C24H28O3/c1-23-13-6-14-24(2,22(26)27-16-17-7-4-3-5-8-17)21(23)12-10-18-9-11-19(25)15-20(18)23/h3-5,7-9,11,15,21,25H,6,10,12-14,16H2,1-2H3/t21-,23-,24+/m1/s1. The summed E-state index contributed by atoms with van der Waals surface area (Å²) in [6, 6.07) is 15.6. The molecule has 0 aromatic heterocycles. The summed E-state index contributed by atoms with van der Waals surface area (Å²) < 4.78 is 5.79. The molecule has 1 fully saturated rings. The maximum absolute atomic E-state index is 13.2. The van der Waals surface area contributed by atoms with Crippen molar-refractivity contribution in [3.8, 4) is 5.75 Å². The largest absolute Gasteiger partial charge is 0.508 e. The van der Waals surface area contributed by atoms with Crippen LogP contribution >= 0.6 is 0 Å². The van der Waals surface area contributed by atoms with Crippen molar-refractivity contribution in [2.24, 2.45) is 11.3 Å². The highest BCUT2D eigenvalue weighted by Crippen LogP contribution is 2.58. The Labute approximate surface area is 161 Å². The second kappa shape index (κ2) is 6.70. The lowest BCUT2D eigenvalue weighted by Gasteiger charge is -2.54. The molecule has 0 aliphatic heterocycles. The number of carbonyl (C=O) groups is 1. The fraction of sp³-hybridized carbons (Fsp3) is 0.458. The van der Waals surface area contributed by atoms with Crippen molar-refractivity contribution in [3.05, 3.63) is 65.2 Å². The molecule has 2 aromatic carbocycles. The number of aromatic hydroxyl groups is 1. The Hall–Kier alpha value is -2.29. The lowest BCUT2D eigenvalue weighted by Crippen LogP contribution is -2.52. The molecule has 0 amide bonds. The molecule has 3 heteroatoms. The Kier molecular flexibility index (Phi) is 4.49.